The third-order valence-electron chi connectivity index (χ3n) is 5.62. The van der Waals surface area contributed by atoms with Crippen molar-refractivity contribution in [2.45, 2.75) is 38.9 Å². The molecule has 2 aliphatic rings. The number of thiophene rings is 1. The molecule has 0 aliphatic carbocycles. The van der Waals surface area contributed by atoms with Crippen LogP contribution in [-0.4, -0.2) is 53.9 Å². The van der Waals surface area contributed by atoms with Gasteiger partial charge in [-0.3, -0.25) is 14.5 Å². The van der Waals surface area contributed by atoms with E-state index in [0.29, 0.717) is 26.2 Å². The molecule has 1 saturated heterocycles. The van der Waals surface area contributed by atoms with Gasteiger partial charge in [0.15, 0.2) is 0 Å². The smallest absolute Gasteiger partial charge is 0.237 e. The third kappa shape index (κ3) is 4.46. The molecule has 0 spiro atoms. The summed E-state index contributed by atoms with van der Waals surface area (Å²) in [5.41, 5.74) is 2.28. The van der Waals surface area contributed by atoms with E-state index in [-0.39, 0.29) is 18.2 Å². The number of piperazine rings is 1. The summed E-state index contributed by atoms with van der Waals surface area (Å²) in [5.74, 6) is 0.825. The first-order valence-corrected chi connectivity index (χ1v) is 11.1. The molecule has 1 fully saturated rings. The fourth-order valence-corrected chi connectivity index (χ4v) is 4.97. The standard InChI is InChI=1S/C22H27N3O3S/c1-2-28-19-6-4-3-5-16(19)14-24-11-9-23-22(27)18(24)13-21(26)25-10-7-20-17(15-25)8-12-29-20/h3-6,8,12,18H,2,7,9-11,13-15H2,1H3,(H,23,27). The van der Waals surface area contributed by atoms with Gasteiger partial charge in [-0.2, -0.15) is 0 Å². The molecule has 1 unspecified atom stereocenters. The van der Waals surface area contributed by atoms with Gasteiger partial charge in [-0.25, -0.2) is 0 Å². The maximum atomic E-state index is 13.0. The van der Waals surface area contributed by atoms with Gasteiger partial charge in [0.1, 0.15) is 5.75 Å². The molecule has 1 atom stereocenters. The van der Waals surface area contributed by atoms with E-state index >= 15 is 0 Å². The Labute approximate surface area is 175 Å². The second kappa shape index (κ2) is 8.97. The lowest BCUT2D eigenvalue weighted by molar-refractivity contribution is -0.139. The van der Waals surface area contributed by atoms with E-state index in [9.17, 15) is 9.59 Å². The maximum absolute atomic E-state index is 13.0. The summed E-state index contributed by atoms with van der Waals surface area (Å²) in [7, 11) is 0. The monoisotopic (exact) mass is 413 g/mol. The number of hydrogen-bond donors (Lipinski definition) is 1. The number of nitrogens with zero attached hydrogens (tertiary/aromatic N) is 2. The van der Waals surface area contributed by atoms with Crippen molar-refractivity contribution in [3.05, 3.63) is 51.7 Å². The average molecular weight is 414 g/mol. The van der Waals surface area contributed by atoms with Gasteiger partial charge in [-0.1, -0.05) is 18.2 Å². The van der Waals surface area contributed by atoms with E-state index in [0.717, 1.165) is 30.8 Å². The minimum Gasteiger partial charge on any atom is -0.494 e. The van der Waals surface area contributed by atoms with Crippen molar-refractivity contribution in [2.24, 2.45) is 0 Å². The Hall–Kier alpha value is -2.38. The van der Waals surface area contributed by atoms with Crippen molar-refractivity contribution < 1.29 is 14.3 Å². The van der Waals surface area contributed by atoms with Crippen LogP contribution in [0.5, 0.6) is 5.75 Å². The molecule has 1 aromatic carbocycles. The Morgan fingerprint density at radius 1 is 1.28 bits per heavy atom. The highest BCUT2D eigenvalue weighted by molar-refractivity contribution is 7.10. The Morgan fingerprint density at radius 2 is 2.14 bits per heavy atom. The molecule has 0 saturated carbocycles. The molecule has 0 radical (unpaired) electrons. The number of benzene rings is 1. The number of hydrogen-bond acceptors (Lipinski definition) is 5. The topological polar surface area (TPSA) is 61.9 Å². The predicted octanol–water partition coefficient (Wildman–Crippen LogP) is 2.42. The van der Waals surface area contributed by atoms with E-state index in [4.69, 9.17) is 4.74 Å². The van der Waals surface area contributed by atoms with Gasteiger partial charge in [0, 0.05) is 43.2 Å². The number of para-hydroxylation sites is 1. The van der Waals surface area contributed by atoms with Crippen LogP contribution in [0, 0.1) is 0 Å². The second-order valence-electron chi connectivity index (χ2n) is 7.46. The Kier molecular flexibility index (Phi) is 6.16. The average Bonchev–Trinajstić information content (AvgIpc) is 3.20. The summed E-state index contributed by atoms with van der Waals surface area (Å²) in [6.07, 6.45) is 1.11. The molecule has 0 bridgehead atoms. The zero-order chi connectivity index (χ0) is 20.2. The van der Waals surface area contributed by atoms with Crippen LogP contribution in [-0.2, 0) is 29.1 Å². The largest absolute Gasteiger partial charge is 0.494 e. The minimum atomic E-state index is -0.449. The SMILES string of the molecule is CCOc1ccccc1CN1CCNC(=O)C1CC(=O)N1CCc2sccc2C1. The Morgan fingerprint density at radius 3 is 3.00 bits per heavy atom. The maximum Gasteiger partial charge on any atom is 0.237 e. The number of nitrogens with one attached hydrogen (secondary N) is 1. The molecule has 1 aromatic heterocycles. The van der Waals surface area contributed by atoms with Crippen molar-refractivity contribution in [1.82, 2.24) is 15.1 Å². The molecule has 3 heterocycles. The van der Waals surface area contributed by atoms with Gasteiger partial charge in [-0.05, 0) is 36.4 Å². The molecule has 2 aliphatic heterocycles. The zero-order valence-corrected chi connectivity index (χ0v) is 17.5. The fraction of sp³-hybridized carbons (Fsp3) is 0.455. The van der Waals surface area contributed by atoms with Crippen LogP contribution in [0.3, 0.4) is 0 Å². The number of rotatable bonds is 6. The zero-order valence-electron chi connectivity index (χ0n) is 16.7. The highest BCUT2D eigenvalue weighted by Gasteiger charge is 2.34. The summed E-state index contributed by atoms with van der Waals surface area (Å²) in [6, 6.07) is 9.56. The van der Waals surface area contributed by atoms with Crippen LogP contribution in [0.15, 0.2) is 35.7 Å². The van der Waals surface area contributed by atoms with Gasteiger partial charge in [0.2, 0.25) is 11.8 Å². The number of carbonyl (C=O) groups is 2. The number of amides is 2. The molecule has 2 amide bonds. The highest BCUT2D eigenvalue weighted by atomic mass is 32.1. The summed E-state index contributed by atoms with van der Waals surface area (Å²) in [6.45, 7) is 5.85. The van der Waals surface area contributed by atoms with Crippen molar-refractivity contribution in [2.75, 3.05) is 26.2 Å². The van der Waals surface area contributed by atoms with E-state index in [1.165, 1.54) is 10.4 Å². The lowest BCUT2D eigenvalue weighted by atomic mass is 10.0. The van der Waals surface area contributed by atoms with Crippen LogP contribution < -0.4 is 10.1 Å². The van der Waals surface area contributed by atoms with Gasteiger partial charge < -0.3 is 15.0 Å². The van der Waals surface area contributed by atoms with Crippen molar-refractivity contribution in [1.29, 1.82) is 0 Å². The number of carbonyl (C=O) groups excluding carboxylic acids is 2. The van der Waals surface area contributed by atoms with Gasteiger partial charge >= 0.3 is 0 Å². The first kappa shape index (κ1) is 19.9. The van der Waals surface area contributed by atoms with E-state index in [1.54, 1.807) is 11.3 Å². The van der Waals surface area contributed by atoms with Gasteiger partial charge in [-0.15, -0.1) is 11.3 Å². The molecule has 154 valence electrons. The Bertz CT molecular complexity index is 882. The molecular weight excluding hydrogens is 386 g/mol. The fourth-order valence-electron chi connectivity index (χ4n) is 4.08. The summed E-state index contributed by atoms with van der Waals surface area (Å²) in [4.78, 5) is 31.0. The first-order valence-electron chi connectivity index (χ1n) is 10.2. The summed E-state index contributed by atoms with van der Waals surface area (Å²) in [5, 5.41) is 5.01. The summed E-state index contributed by atoms with van der Waals surface area (Å²) >= 11 is 1.76. The lowest BCUT2D eigenvalue weighted by Gasteiger charge is -2.36. The molecule has 1 N–H and O–H groups in total. The molecule has 4 rings (SSSR count). The van der Waals surface area contributed by atoms with Crippen LogP contribution in [0.4, 0.5) is 0 Å². The third-order valence-corrected chi connectivity index (χ3v) is 6.64. The van der Waals surface area contributed by atoms with Crippen molar-refractivity contribution >= 4 is 23.2 Å². The van der Waals surface area contributed by atoms with Crippen LogP contribution in [0.25, 0.3) is 0 Å². The summed E-state index contributed by atoms with van der Waals surface area (Å²) < 4.78 is 5.74. The van der Waals surface area contributed by atoms with Crippen LogP contribution >= 0.6 is 11.3 Å². The second-order valence-corrected chi connectivity index (χ2v) is 8.46. The Balaban J connectivity index is 1.46. The molecule has 6 nitrogen and oxygen atoms in total. The van der Waals surface area contributed by atoms with Crippen molar-refractivity contribution in [3.63, 3.8) is 0 Å². The molecular formula is C22H27N3O3S. The predicted molar refractivity (Wildman–Crippen MR) is 113 cm³/mol. The quantitative estimate of drug-likeness (QED) is 0.790. The lowest BCUT2D eigenvalue weighted by Crippen LogP contribution is -2.56. The number of fused-ring (bicyclic) bond motifs is 1. The molecule has 7 heteroatoms. The van der Waals surface area contributed by atoms with E-state index < -0.39 is 6.04 Å². The van der Waals surface area contributed by atoms with Crippen molar-refractivity contribution in [3.8, 4) is 5.75 Å². The normalized spacial score (nSPS) is 19.6. The van der Waals surface area contributed by atoms with Gasteiger partial charge in [0.25, 0.3) is 0 Å². The van der Waals surface area contributed by atoms with Crippen LogP contribution in [0.2, 0.25) is 0 Å². The first-order chi connectivity index (χ1) is 14.2. The van der Waals surface area contributed by atoms with Crippen LogP contribution in [0.1, 0.15) is 29.3 Å². The minimum absolute atomic E-state index is 0.0481. The molecule has 29 heavy (non-hydrogen) atoms. The number of ether oxygens (including phenoxy) is 1. The highest BCUT2D eigenvalue weighted by Crippen LogP contribution is 2.26. The van der Waals surface area contributed by atoms with E-state index in [2.05, 4.69) is 21.7 Å². The van der Waals surface area contributed by atoms with E-state index in [1.807, 2.05) is 36.1 Å². The molecule has 2 aromatic rings. The van der Waals surface area contributed by atoms with Gasteiger partial charge in [0.05, 0.1) is 19.1 Å².